The molecule has 1 aromatic heterocycles. The number of halogens is 3. The topological polar surface area (TPSA) is 65.3 Å². The molecular formula is C13H9BrCl2N2O3. The van der Waals surface area contributed by atoms with Gasteiger partial charge in [-0.1, -0.05) is 29.3 Å². The molecule has 21 heavy (non-hydrogen) atoms. The zero-order valence-electron chi connectivity index (χ0n) is 10.7. The van der Waals surface area contributed by atoms with E-state index in [0.29, 0.717) is 20.1 Å². The molecule has 0 aliphatic heterocycles. The molecule has 0 N–H and O–H groups in total. The summed E-state index contributed by atoms with van der Waals surface area (Å²) in [4.78, 5) is 14.1. The van der Waals surface area contributed by atoms with E-state index in [1.165, 1.54) is 12.3 Å². The third-order valence-electron chi connectivity index (χ3n) is 2.68. The largest absolute Gasteiger partial charge is 0.478 e. The Hall–Kier alpha value is -1.37. The summed E-state index contributed by atoms with van der Waals surface area (Å²) >= 11 is 15.4. The first-order chi connectivity index (χ1) is 9.90. The summed E-state index contributed by atoms with van der Waals surface area (Å²) in [5, 5.41) is 11.8. The Morgan fingerprint density at radius 2 is 2.00 bits per heavy atom. The number of nitro groups is 1. The lowest BCUT2D eigenvalue weighted by Crippen LogP contribution is -2.07. The molecule has 110 valence electrons. The van der Waals surface area contributed by atoms with Crippen LogP contribution in [-0.2, 0) is 0 Å². The molecule has 0 saturated heterocycles. The van der Waals surface area contributed by atoms with Crippen molar-refractivity contribution in [2.75, 3.05) is 0 Å². The van der Waals surface area contributed by atoms with Crippen molar-refractivity contribution in [3.8, 4) is 5.75 Å². The van der Waals surface area contributed by atoms with Gasteiger partial charge in [-0.05, 0) is 44.9 Å². The van der Waals surface area contributed by atoms with Gasteiger partial charge >= 0.3 is 5.82 Å². The van der Waals surface area contributed by atoms with Gasteiger partial charge in [0.1, 0.15) is 6.10 Å². The van der Waals surface area contributed by atoms with Crippen LogP contribution in [-0.4, -0.2) is 9.91 Å². The lowest BCUT2D eigenvalue weighted by molar-refractivity contribution is -0.390. The van der Waals surface area contributed by atoms with Crippen LogP contribution >= 0.6 is 39.1 Å². The van der Waals surface area contributed by atoms with E-state index in [2.05, 4.69) is 20.9 Å². The molecule has 1 unspecified atom stereocenters. The number of pyridine rings is 1. The Morgan fingerprint density at radius 3 is 2.57 bits per heavy atom. The molecular weight excluding hydrogens is 383 g/mol. The average Bonchev–Trinajstić information content (AvgIpc) is 2.38. The lowest BCUT2D eigenvalue weighted by atomic mass is 10.1. The van der Waals surface area contributed by atoms with Gasteiger partial charge in [-0.2, -0.15) is 0 Å². The monoisotopic (exact) mass is 390 g/mol. The predicted molar refractivity (Wildman–Crippen MR) is 84.1 cm³/mol. The number of hydrogen-bond donors (Lipinski definition) is 0. The fourth-order valence-electron chi connectivity index (χ4n) is 1.79. The van der Waals surface area contributed by atoms with Crippen LogP contribution in [0.2, 0.25) is 10.0 Å². The molecule has 0 saturated carbocycles. The fourth-order valence-corrected chi connectivity index (χ4v) is 2.80. The number of aromatic nitrogens is 1. The number of hydrogen-bond acceptors (Lipinski definition) is 4. The van der Waals surface area contributed by atoms with E-state index in [1.54, 1.807) is 25.1 Å². The van der Waals surface area contributed by atoms with Gasteiger partial charge in [0.15, 0.2) is 6.20 Å². The highest BCUT2D eigenvalue weighted by Gasteiger charge is 2.22. The molecule has 8 heteroatoms. The summed E-state index contributed by atoms with van der Waals surface area (Å²) in [5.41, 5.74) is 0.565. The van der Waals surface area contributed by atoms with E-state index < -0.39 is 11.0 Å². The molecule has 0 fully saturated rings. The number of benzene rings is 1. The van der Waals surface area contributed by atoms with Crippen molar-refractivity contribution >= 4 is 44.9 Å². The van der Waals surface area contributed by atoms with Gasteiger partial charge in [-0.25, -0.2) is 0 Å². The van der Waals surface area contributed by atoms with Crippen LogP contribution in [0.25, 0.3) is 0 Å². The maximum atomic E-state index is 11.0. The number of nitrogens with zero attached hydrogens (tertiary/aromatic N) is 2. The molecule has 0 aliphatic rings. The summed E-state index contributed by atoms with van der Waals surface area (Å²) in [6, 6.07) is 6.54. The van der Waals surface area contributed by atoms with E-state index in [0.717, 1.165) is 0 Å². The molecule has 1 aromatic carbocycles. The minimum atomic E-state index is -0.608. The molecule has 0 radical (unpaired) electrons. The van der Waals surface area contributed by atoms with Crippen LogP contribution in [0.1, 0.15) is 18.6 Å². The summed E-state index contributed by atoms with van der Waals surface area (Å²) in [5.74, 6) is -0.328. The highest BCUT2D eigenvalue weighted by molar-refractivity contribution is 9.10. The van der Waals surface area contributed by atoms with Crippen LogP contribution in [0.5, 0.6) is 5.75 Å². The number of ether oxygens (including phenoxy) is 1. The van der Waals surface area contributed by atoms with Gasteiger partial charge in [-0.15, -0.1) is 0 Å². The number of rotatable bonds is 4. The predicted octanol–water partition coefficient (Wildman–Crippen LogP) is 5.20. The highest BCUT2D eigenvalue weighted by Crippen LogP contribution is 2.36. The first-order valence-electron chi connectivity index (χ1n) is 5.80. The van der Waals surface area contributed by atoms with Crippen LogP contribution in [0.15, 0.2) is 34.9 Å². The van der Waals surface area contributed by atoms with E-state index in [-0.39, 0.29) is 11.6 Å². The summed E-state index contributed by atoms with van der Waals surface area (Å²) in [7, 11) is 0. The second-order valence-corrected chi connectivity index (χ2v) is 5.86. The van der Waals surface area contributed by atoms with Crippen molar-refractivity contribution < 1.29 is 9.66 Å². The van der Waals surface area contributed by atoms with Gasteiger partial charge in [0.25, 0.3) is 0 Å². The summed E-state index contributed by atoms with van der Waals surface area (Å²) in [6.07, 6.45) is 0.763. The van der Waals surface area contributed by atoms with Gasteiger partial charge in [0.2, 0.25) is 5.75 Å². The Balaban J connectivity index is 2.38. The maximum Gasteiger partial charge on any atom is 0.406 e. The Bertz CT molecular complexity index is 677. The molecule has 1 atom stereocenters. The van der Waals surface area contributed by atoms with Gasteiger partial charge in [-0.3, -0.25) is 0 Å². The lowest BCUT2D eigenvalue weighted by Gasteiger charge is -2.17. The standard InChI is InChI=1S/C13H9BrCl2N2O3/c1-7(12-9(15)3-2-4-10(12)16)21-11-5-8(14)6-17-13(11)18(19)20/h2-7H,1H3. The van der Waals surface area contributed by atoms with Crippen molar-refractivity contribution in [3.05, 3.63) is 60.7 Å². The van der Waals surface area contributed by atoms with E-state index >= 15 is 0 Å². The quantitative estimate of drug-likeness (QED) is 0.530. The smallest absolute Gasteiger partial charge is 0.406 e. The third-order valence-corrected chi connectivity index (χ3v) is 3.78. The molecule has 5 nitrogen and oxygen atoms in total. The van der Waals surface area contributed by atoms with Crippen molar-refractivity contribution in [3.63, 3.8) is 0 Å². The molecule has 0 spiro atoms. The van der Waals surface area contributed by atoms with E-state index in [4.69, 9.17) is 27.9 Å². The zero-order valence-corrected chi connectivity index (χ0v) is 13.8. The SMILES string of the molecule is CC(Oc1cc(Br)cnc1[N+](=O)[O-])c1c(Cl)cccc1Cl. The van der Waals surface area contributed by atoms with Crippen LogP contribution < -0.4 is 4.74 Å². The van der Waals surface area contributed by atoms with Gasteiger partial charge in [0.05, 0.1) is 4.47 Å². The summed E-state index contributed by atoms with van der Waals surface area (Å²) < 4.78 is 6.20. The first kappa shape index (κ1) is 16.0. The maximum absolute atomic E-state index is 11.0. The van der Waals surface area contributed by atoms with Crippen molar-refractivity contribution in [2.45, 2.75) is 13.0 Å². The molecule has 2 aromatic rings. The highest BCUT2D eigenvalue weighted by atomic mass is 79.9. The molecule has 2 rings (SSSR count). The first-order valence-corrected chi connectivity index (χ1v) is 7.35. The second kappa shape index (κ2) is 6.60. The van der Waals surface area contributed by atoms with Crippen molar-refractivity contribution in [1.29, 1.82) is 0 Å². The van der Waals surface area contributed by atoms with Crippen LogP contribution in [0, 0.1) is 10.1 Å². The average molecular weight is 392 g/mol. The minimum absolute atomic E-state index is 0.0397. The van der Waals surface area contributed by atoms with E-state index in [1.807, 2.05) is 0 Å². The Morgan fingerprint density at radius 1 is 1.38 bits per heavy atom. The second-order valence-electron chi connectivity index (χ2n) is 4.13. The molecule has 0 amide bonds. The van der Waals surface area contributed by atoms with Gasteiger partial charge < -0.3 is 14.9 Å². The Kier molecular flexibility index (Phi) is 5.03. The zero-order chi connectivity index (χ0) is 15.6. The van der Waals surface area contributed by atoms with E-state index in [9.17, 15) is 10.1 Å². The van der Waals surface area contributed by atoms with Crippen molar-refractivity contribution in [1.82, 2.24) is 4.98 Å². The molecule has 1 heterocycles. The fraction of sp³-hybridized carbons (Fsp3) is 0.154. The van der Waals surface area contributed by atoms with Crippen LogP contribution in [0.3, 0.4) is 0 Å². The van der Waals surface area contributed by atoms with Gasteiger partial charge in [0, 0.05) is 21.7 Å². The normalized spacial score (nSPS) is 12.0. The minimum Gasteiger partial charge on any atom is -0.478 e. The molecule has 0 bridgehead atoms. The summed E-state index contributed by atoms with van der Waals surface area (Å²) in [6.45, 7) is 1.71. The third kappa shape index (κ3) is 3.64. The van der Waals surface area contributed by atoms with Crippen molar-refractivity contribution in [2.24, 2.45) is 0 Å². The Labute approximate surface area is 139 Å². The molecule has 0 aliphatic carbocycles. The van der Waals surface area contributed by atoms with Crippen LogP contribution in [0.4, 0.5) is 5.82 Å².